The van der Waals surface area contributed by atoms with E-state index in [-0.39, 0.29) is 0 Å². The smallest absolute Gasteiger partial charge is 0.142 e. The van der Waals surface area contributed by atoms with E-state index in [1.807, 2.05) is 37.7 Å². The summed E-state index contributed by atoms with van der Waals surface area (Å²) in [6, 6.07) is 12.1. The molecule has 0 aliphatic rings. The highest BCUT2D eigenvalue weighted by Gasteiger charge is 2.07. The van der Waals surface area contributed by atoms with Crippen LogP contribution in [-0.4, -0.2) is 31.9 Å². The van der Waals surface area contributed by atoms with Crippen molar-refractivity contribution < 1.29 is 4.74 Å². The van der Waals surface area contributed by atoms with E-state index in [1.165, 1.54) is 0 Å². The fourth-order valence-electron chi connectivity index (χ4n) is 2.21. The molecule has 0 atom stereocenters. The normalized spacial score (nSPS) is 10.8. The van der Waals surface area contributed by atoms with Crippen molar-refractivity contribution in [1.82, 2.24) is 4.90 Å². The molecule has 0 heterocycles. The van der Waals surface area contributed by atoms with Gasteiger partial charge in [0.05, 0.1) is 24.8 Å². The van der Waals surface area contributed by atoms with Gasteiger partial charge in [-0.15, -0.1) is 0 Å². The summed E-state index contributed by atoms with van der Waals surface area (Å²) < 4.78 is 5.40. The third-order valence-electron chi connectivity index (χ3n) is 3.81. The molecule has 0 spiro atoms. The standard InChI is InChI=1S/C19H25N3O/c1-6-22(4)13-20-17-11-15(3)18(12-14(17)2)21-16-9-7-8-10-19(16)23-5/h7-13,21H,6H2,1-5H3. The van der Waals surface area contributed by atoms with Gasteiger partial charge in [0, 0.05) is 19.3 Å². The first-order valence-corrected chi connectivity index (χ1v) is 7.80. The SMILES string of the molecule is CCN(C)C=Nc1cc(C)c(Nc2ccccc2OC)cc1C. The number of ether oxygens (including phenoxy) is 1. The number of anilines is 2. The van der Waals surface area contributed by atoms with Gasteiger partial charge in [-0.25, -0.2) is 4.99 Å². The Morgan fingerprint density at radius 1 is 1.13 bits per heavy atom. The van der Waals surface area contributed by atoms with Gasteiger partial charge in [0.1, 0.15) is 5.75 Å². The molecule has 0 bridgehead atoms. The number of hydrogen-bond acceptors (Lipinski definition) is 3. The monoisotopic (exact) mass is 311 g/mol. The molecule has 0 saturated heterocycles. The molecule has 0 amide bonds. The van der Waals surface area contributed by atoms with Gasteiger partial charge in [0.15, 0.2) is 0 Å². The quantitative estimate of drug-likeness (QED) is 0.622. The Morgan fingerprint density at radius 2 is 1.87 bits per heavy atom. The predicted octanol–water partition coefficient (Wildman–Crippen LogP) is 4.67. The largest absolute Gasteiger partial charge is 0.495 e. The number of hydrogen-bond donors (Lipinski definition) is 1. The summed E-state index contributed by atoms with van der Waals surface area (Å²) >= 11 is 0. The zero-order valence-electron chi connectivity index (χ0n) is 14.6. The highest BCUT2D eigenvalue weighted by Crippen LogP contribution is 2.32. The second kappa shape index (κ2) is 7.68. The summed E-state index contributed by atoms with van der Waals surface area (Å²) in [6.45, 7) is 7.20. The van der Waals surface area contributed by atoms with Crippen LogP contribution >= 0.6 is 0 Å². The van der Waals surface area contributed by atoms with Gasteiger partial charge in [-0.05, 0) is 56.2 Å². The summed E-state index contributed by atoms with van der Waals surface area (Å²) in [5.41, 5.74) is 5.30. The molecule has 23 heavy (non-hydrogen) atoms. The number of benzene rings is 2. The molecule has 1 N–H and O–H groups in total. The zero-order valence-corrected chi connectivity index (χ0v) is 14.6. The van der Waals surface area contributed by atoms with Crippen LogP contribution in [0.5, 0.6) is 5.75 Å². The molecule has 0 aromatic heterocycles. The Labute approximate surface area is 138 Å². The zero-order chi connectivity index (χ0) is 16.8. The number of para-hydroxylation sites is 2. The van der Waals surface area contributed by atoms with E-state index in [0.29, 0.717) is 0 Å². The molecular weight excluding hydrogens is 286 g/mol. The first kappa shape index (κ1) is 16.9. The van der Waals surface area contributed by atoms with Crippen molar-refractivity contribution in [3.8, 4) is 5.75 Å². The maximum absolute atomic E-state index is 5.40. The van der Waals surface area contributed by atoms with Crippen molar-refractivity contribution in [2.45, 2.75) is 20.8 Å². The van der Waals surface area contributed by atoms with Gasteiger partial charge < -0.3 is 15.0 Å². The lowest BCUT2D eigenvalue weighted by atomic mass is 10.1. The number of nitrogens with one attached hydrogen (secondary N) is 1. The minimum Gasteiger partial charge on any atom is -0.495 e. The van der Waals surface area contributed by atoms with E-state index in [0.717, 1.165) is 40.5 Å². The second-order valence-corrected chi connectivity index (χ2v) is 5.60. The minimum atomic E-state index is 0.830. The van der Waals surface area contributed by atoms with E-state index < -0.39 is 0 Å². The molecule has 0 aliphatic carbocycles. The number of aryl methyl sites for hydroxylation is 2. The fourth-order valence-corrected chi connectivity index (χ4v) is 2.21. The first-order chi connectivity index (χ1) is 11.0. The molecule has 2 aromatic carbocycles. The Balaban J connectivity index is 2.28. The van der Waals surface area contributed by atoms with Crippen LogP contribution in [0.25, 0.3) is 0 Å². The van der Waals surface area contributed by atoms with Gasteiger partial charge in [-0.1, -0.05) is 12.1 Å². The molecule has 0 aliphatic heterocycles. The van der Waals surface area contributed by atoms with E-state index in [1.54, 1.807) is 7.11 Å². The van der Waals surface area contributed by atoms with E-state index in [4.69, 9.17) is 4.74 Å². The second-order valence-electron chi connectivity index (χ2n) is 5.60. The van der Waals surface area contributed by atoms with Crippen LogP contribution in [0.4, 0.5) is 17.1 Å². The lowest BCUT2D eigenvalue weighted by Crippen LogP contribution is -2.14. The summed E-state index contributed by atoms with van der Waals surface area (Å²) in [7, 11) is 3.70. The summed E-state index contributed by atoms with van der Waals surface area (Å²) in [4.78, 5) is 6.62. The molecule has 2 rings (SSSR count). The maximum Gasteiger partial charge on any atom is 0.142 e. The van der Waals surface area contributed by atoms with Gasteiger partial charge in [-0.3, -0.25) is 0 Å². The fraction of sp³-hybridized carbons (Fsp3) is 0.316. The van der Waals surface area contributed by atoms with Gasteiger partial charge in [0.25, 0.3) is 0 Å². The molecule has 122 valence electrons. The summed E-state index contributed by atoms with van der Waals surface area (Å²) in [5, 5.41) is 3.45. The molecule has 0 saturated carbocycles. The van der Waals surface area contributed by atoms with Crippen molar-refractivity contribution in [2.75, 3.05) is 26.0 Å². The molecule has 4 nitrogen and oxygen atoms in total. The van der Waals surface area contributed by atoms with Crippen LogP contribution < -0.4 is 10.1 Å². The van der Waals surface area contributed by atoms with Gasteiger partial charge in [0.2, 0.25) is 0 Å². The van der Waals surface area contributed by atoms with Crippen molar-refractivity contribution in [2.24, 2.45) is 4.99 Å². The van der Waals surface area contributed by atoms with E-state index in [9.17, 15) is 0 Å². The summed E-state index contributed by atoms with van der Waals surface area (Å²) in [5.74, 6) is 0.830. The third kappa shape index (κ3) is 4.25. The summed E-state index contributed by atoms with van der Waals surface area (Å²) in [6.07, 6.45) is 1.87. The first-order valence-electron chi connectivity index (χ1n) is 7.80. The lowest BCUT2D eigenvalue weighted by molar-refractivity contribution is 0.417. The van der Waals surface area contributed by atoms with Gasteiger partial charge >= 0.3 is 0 Å². The van der Waals surface area contributed by atoms with Crippen molar-refractivity contribution in [3.63, 3.8) is 0 Å². The molecule has 0 fully saturated rings. The van der Waals surface area contributed by atoms with E-state index in [2.05, 4.69) is 48.1 Å². The van der Waals surface area contributed by atoms with Crippen molar-refractivity contribution in [3.05, 3.63) is 47.5 Å². The maximum atomic E-state index is 5.40. The Morgan fingerprint density at radius 3 is 2.57 bits per heavy atom. The highest BCUT2D eigenvalue weighted by molar-refractivity contribution is 5.72. The number of aliphatic imine (C=N–C) groups is 1. The Kier molecular flexibility index (Phi) is 5.63. The number of methoxy groups -OCH3 is 1. The van der Waals surface area contributed by atoms with E-state index >= 15 is 0 Å². The van der Waals surface area contributed by atoms with Crippen LogP contribution in [0.3, 0.4) is 0 Å². The van der Waals surface area contributed by atoms with Crippen LogP contribution in [0.2, 0.25) is 0 Å². The minimum absolute atomic E-state index is 0.830. The molecular formula is C19H25N3O. The Hall–Kier alpha value is -2.49. The lowest BCUT2D eigenvalue weighted by Gasteiger charge is -2.15. The molecule has 0 unspecified atom stereocenters. The molecule has 4 heteroatoms. The van der Waals surface area contributed by atoms with Gasteiger partial charge in [-0.2, -0.15) is 0 Å². The topological polar surface area (TPSA) is 36.9 Å². The third-order valence-corrected chi connectivity index (χ3v) is 3.81. The van der Waals surface area contributed by atoms with Crippen LogP contribution in [0.15, 0.2) is 41.4 Å². The Bertz CT molecular complexity index is 695. The van der Waals surface area contributed by atoms with Crippen molar-refractivity contribution in [1.29, 1.82) is 0 Å². The average Bonchev–Trinajstić information content (AvgIpc) is 2.56. The van der Waals surface area contributed by atoms with Crippen LogP contribution in [0.1, 0.15) is 18.1 Å². The number of nitrogens with zero attached hydrogens (tertiary/aromatic N) is 2. The predicted molar refractivity (Wildman–Crippen MR) is 98.6 cm³/mol. The van der Waals surface area contributed by atoms with Crippen molar-refractivity contribution >= 4 is 23.4 Å². The van der Waals surface area contributed by atoms with Crippen LogP contribution in [0, 0.1) is 13.8 Å². The average molecular weight is 311 g/mol. The highest BCUT2D eigenvalue weighted by atomic mass is 16.5. The van der Waals surface area contributed by atoms with Crippen LogP contribution in [-0.2, 0) is 0 Å². The molecule has 2 aromatic rings. The molecule has 0 radical (unpaired) electrons. The number of rotatable bonds is 6.